The minimum atomic E-state index is 0.702. The lowest BCUT2D eigenvalue weighted by atomic mass is 9.85. The number of hydrogen-bond acceptors (Lipinski definition) is 2. The predicted molar refractivity (Wildman–Crippen MR) is 81.0 cm³/mol. The van der Waals surface area contributed by atoms with E-state index in [1.54, 1.807) is 0 Å². The van der Waals surface area contributed by atoms with Crippen molar-refractivity contribution in [1.29, 1.82) is 0 Å². The fraction of sp³-hybridized carbons (Fsp3) is 1.00. The van der Waals surface area contributed by atoms with Crippen molar-refractivity contribution in [3.63, 3.8) is 0 Å². The van der Waals surface area contributed by atoms with Crippen molar-refractivity contribution in [2.24, 2.45) is 11.8 Å². The maximum absolute atomic E-state index is 3.69. The van der Waals surface area contributed by atoms with Gasteiger partial charge in [0.2, 0.25) is 0 Å². The Bertz CT molecular complexity index is 188. The normalized spacial score (nSPS) is 23.8. The van der Waals surface area contributed by atoms with Gasteiger partial charge in [-0.3, -0.25) is 0 Å². The molecular weight excluding hydrogens is 220 g/mol. The SMILES string of the molecule is CCCCCC(C)NCCC(C)C1CCCNC1. The lowest BCUT2D eigenvalue weighted by Crippen LogP contribution is -2.35. The van der Waals surface area contributed by atoms with Gasteiger partial charge in [-0.1, -0.05) is 33.1 Å². The third-order valence-corrected chi connectivity index (χ3v) is 4.47. The molecule has 0 bridgehead atoms. The molecule has 1 aliphatic heterocycles. The van der Waals surface area contributed by atoms with Gasteiger partial charge in [-0.25, -0.2) is 0 Å². The van der Waals surface area contributed by atoms with Gasteiger partial charge in [-0.15, -0.1) is 0 Å². The van der Waals surface area contributed by atoms with Crippen molar-refractivity contribution in [3.8, 4) is 0 Å². The highest BCUT2D eigenvalue weighted by Crippen LogP contribution is 2.22. The number of unbranched alkanes of at least 4 members (excludes halogenated alkanes) is 2. The Balaban J connectivity index is 2.01. The highest BCUT2D eigenvalue weighted by molar-refractivity contribution is 4.74. The average Bonchev–Trinajstić information content (AvgIpc) is 2.40. The first-order valence-electron chi connectivity index (χ1n) is 8.18. The summed E-state index contributed by atoms with van der Waals surface area (Å²) in [6, 6.07) is 0.702. The molecule has 108 valence electrons. The Morgan fingerprint density at radius 3 is 2.72 bits per heavy atom. The second-order valence-electron chi connectivity index (χ2n) is 6.22. The molecule has 18 heavy (non-hydrogen) atoms. The molecule has 3 unspecified atom stereocenters. The fourth-order valence-electron chi connectivity index (χ4n) is 2.96. The zero-order valence-electron chi connectivity index (χ0n) is 12.8. The summed E-state index contributed by atoms with van der Waals surface area (Å²) in [6.45, 7) is 10.7. The minimum Gasteiger partial charge on any atom is -0.316 e. The molecule has 0 aromatic heterocycles. The van der Waals surface area contributed by atoms with E-state index in [-0.39, 0.29) is 0 Å². The highest BCUT2D eigenvalue weighted by atomic mass is 14.9. The van der Waals surface area contributed by atoms with Crippen LogP contribution in [0.15, 0.2) is 0 Å². The van der Waals surface area contributed by atoms with Crippen molar-refractivity contribution < 1.29 is 0 Å². The van der Waals surface area contributed by atoms with Gasteiger partial charge in [0.05, 0.1) is 0 Å². The lowest BCUT2D eigenvalue weighted by molar-refractivity contribution is 0.263. The predicted octanol–water partition coefficient (Wildman–Crippen LogP) is 3.57. The van der Waals surface area contributed by atoms with Crippen LogP contribution in [0.4, 0.5) is 0 Å². The standard InChI is InChI=1S/C16H34N2/c1-4-5-6-8-15(3)18-12-10-14(2)16-9-7-11-17-13-16/h14-18H,4-13H2,1-3H3. The number of piperidine rings is 1. The average molecular weight is 254 g/mol. The van der Waals surface area contributed by atoms with Crippen LogP contribution in [0.2, 0.25) is 0 Å². The Kier molecular flexibility index (Phi) is 8.70. The van der Waals surface area contributed by atoms with Crippen LogP contribution >= 0.6 is 0 Å². The molecule has 1 heterocycles. The molecule has 0 aliphatic carbocycles. The maximum Gasteiger partial charge on any atom is 0.00387 e. The number of nitrogens with one attached hydrogen (secondary N) is 2. The zero-order chi connectivity index (χ0) is 13.2. The smallest absolute Gasteiger partial charge is 0.00387 e. The molecule has 1 rings (SSSR count). The molecule has 2 nitrogen and oxygen atoms in total. The summed E-state index contributed by atoms with van der Waals surface area (Å²) in [4.78, 5) is 0. The summed E-state index contributed by atoms with van der Waals surface area (Å²) in [5, 5.41) is 7.22. The second kappa shape index (κ2) is 9.80. The fourth-order valence-corrected chi connectivity index (χ4v) is 2.96. The molecule has 0 aromatic carbocycles. The summed E-state index contributed by atoms with van der Waals surface area (Å²) in [7, 11) is 0. The van der Waals surface area contributed by atoms with E-state index < -0.39 is 0 Å². The van der Waals surface area contributed by atoms with E-state index in [9.17, 15) is 0 Å². The van der Waals surface area contributed by atoms with Gasteiger partial charge in [-0.05, 0) is 64.1 Å². The molecule has 0 radical (unpaired) electrons. The van der Waals surface area contributed by atoms with E-state index in [0.29, 0.717) is 6.04 Å². The van der Waals surface area contributed by atoms with Gasteiger partial charge >= 0.3 is 0 Å². The van der Waals surface area contributed by atoms with Crippen LogP contribution in [0.25, 0.3) is 0 Å². The van der Waals surface area contributed by atoms with Crippen LogP contribution in [-0.4, -0.2) is 25.7 Å². The van der Waals surface area contributed by atoms with Crippen LogP contribution in [-0.2, 0) is 0 Å². The summed E-state index contributed by atoms with van der Waals surface area (Å²) in [5.74, 6) is 1.78. The molecule has 0 saturated carbocycles. The van der Waals surface area contributed by atoms with Crippen molar-refractivity contribution in [2.75, 3.05) is 19.6 Å². The summed E-state index contributed by atoms with van der Waals surface area (Å²) in [5.41, 5.74) is 0. The molecule has 2 heteroatoms. The Morgan fingerprint density at radius 2 is 2.06 bits per heavy atom. The van der Waals surface area contributed by atoms with E-state index in [1.807, 2.05) is 0 Å². The molecule has 1 saturated heterocycles. The van der Waals surface area contributed by atoms with Crippen LogP contribution in [0, 0.1) is 11.8 Å². The minimum absolute atomic E-state index is 0.702. The molecule has 2 N–H and O–H groups in total. The third-order valence-electron chi connectivity index (χ3n) is 4.47. The molecule has 1 fully saturated rings. The van der Waals surface area contributed by atoms with Crippen molar-refractivity contribution in [2.45, 2.75) is 71.8 Å². The molecule has 0 aromatic rings. The first kappa shape index (κ1) is 16.0. The first-order chi connectivity index (χ1) is 8.74. The van der Waals surface area contributed by atoms with Gasteiger partial charge in [-0.2, -0.15) is 0 Å². The van der Waals surface area contributed by atoms with Crippen LogP contribution in [0.5, 0.6) is 0 Å². The zero-order valence-corrected chi connectivity index (χ0v) is 12.8. The lowest BCUT2D eigenvalue weighted by Gasteiger charge is -2.28. The van der Waals surface area contributed by atoms with Gasteiger partial charge in [0.1, 0.15) is 0 Å². The molecule has 0 spiro atoms. The largest absolute Gasteiger partial charge is 0.316 e. The van der Waals surface area contributed by atoms with Crippen molar-refractivity contribution in [3.05, 3.63) is 0 Å². The summed E-state index contributed by atoms with van der Waals surface area (Å²) < 4.78 is 0. The maximum atomic E-state index is 3.69. The van der Waals surface area contributed by atoms with Crippen LogP contribution in [0.1, 0.15) is 65.7 Å². The molecular formula is C16H34N2. The van der Waals surface area contributed by atoms with E-state index in [1.165, 1.54) is 64.6 Å². The van der Waals surface area contributed by atoms with Crippen LogP contribution < -0.4 is 10.6 Å². The van der Waals surface area contributed by atoms with Gasteiger partial charge < -0.3 is 10.6 Å². The van der Waals surface area contributed by atoms with Gasteiger partial charge in [0.15, 0.2) is 0 Å². The van der Waals surface area contributed by atoms with Crippen molar-refractivity contribution >= 4 is 0 Å². The van der Waals surface area contributed by atoms with Crippen LogP contribution in [0.3, 0.4) is 0 Å². The number of hydrogen-bond donors (Lipinski definition) is 2. The topological polar surface area (TPSA) is 24.1 Å². The van der Waals surface area contributed by atoms with E-state index in [2.05, 4.69) is 31.4 Å². The summed E-state index contributed by atoms with van der Waals surface area (Å²) in [6.07, 6.45) is 9.58. The Hall–Kier alpha value is -0.0800. The van der Waals surface area contributed by atoms with E-state index in [4.69, 9.17) is 0 Å². The first-order valence-corrected chi connectivity index (χ1v) is 8.18. The van der Waals surface area contributed by atoms with Gasteiger partial charge in [0.25, 0.3) is 0 Å². The molecule has 3 atom stereocenters. The van der Waals surface area contributed by atoms with Crippen molar-refractivity contribution in [1.82, 2.24) is 10.6 Å². The highest BCUT2D eigenvalue weighted by Gasteiger charge is 2.19. The second-order valence-corrected chi connectivity index (χ2v) is 6.22. The Labute approximate surface area is 114 Å². The molecule has 0 amide bonds. The van der Waals surface area contributed by atoms with Gasteiger partial charge in [0, 0.05) is 6.04 Å². The monoisotopic (exact) mass is 254 g/mol. The Morgan fingerprint density at radius 1 is 1.22 bits per heavy atom. The summed E-state index contributed by atoms with van der Waals surface area (Å²) >= 11 is 0. The number of rotatable bonds is 9. The quantitative estimate of drug-likeness (QED) is 0.615. The van der Waals surface area contributed by atoms with E-state index >= 15 is 0 Å². The third kappa shape index (κ3) is 6.75. The van der Waals surface area contributed by atoms with E-state index in [0.717, 1.165) is 11.8 Å². The molecule has 1 aliphatic rings.